The number of carbonyl (C=O) groups is 2. The minimum absolute atomic E-state index is 0.155. The molecule has 5 aliphatic heterocycles. The number of fused-ring (bicyclic) bond motifs is 2. The number of nitrogens with one attached hydrogen (secondary N) is 1. The van der Waals surface area contributed by atoms with E-state index in [0.29, 0.717) is 0 Å². The number of methoxy groups -OCH3 is 1. The highest BCUT2D eigenvalue weighted by Gasteiger charge is 2.55. The van der Waals surface area contributed by atoms with Crippen LogP contribution < -0.4 is 5.32 Å². The average molecular weight is 1260 g/mol. The Hall–Kier alpha value is -3.84. The summed E-state index contributed by atoms with van der Waals surface area (Å²) in [6, 6.07) is -1.47. The molecule has 18 N–H and O–H groups in total. The molecule has 5 rings (SSSR count). The molecule has 5 aliphatic rings. The summed E-state index contributed by atoms with van der Waals surface area (Å²) in [7, 11) is 1.06. The smallest absolute Gasteiger partial charge is 0.313 e. The van der Waals surface area contributed by atoms with Crippen LogP contribution in [0.3, 0.4) is 0 Å². The SMILES string of the molecule is COC(=O)C1C2C[C@@H](OC3O[C@H](C)[C@@H](O)[C@H](NC[C@@]4(O)OC[C@@H](O)[C@@H](O[C@@H]5O[C@H](CO)[C@@H](O)[C@H](O)[C@H]5O)[C@@H]4O)[C@@H]3O)C=CC=CC=CC=CC=CC=CC=C[C@H](C)[C@@H](O)[C@@H](C)[C@H](C)OC(=O)C[C@H](O)C[C@H](O)CC[C@@H](O)[C@H](O)C[C@H](O)C[C@](O)(C[C@@H]1O)O2. The zero-order valence-corrected chi connectivity index (χ0v) is 50.1. The van der Waals surface area contributed by atoms with Crippen molar-refractivity contribution in [3.8, 4) is 0 Å². The van der Waals surface area contributed by atoms with Gasteiger partial charge in [0.15, 0.2) is 18.4 Å². The monoisotopic (exact) mass is 1260 g/mol. The zero-order valence-electron chi connectivity index (χ0n) is 50.1. The van der Waals surface area contributed by atoms with Gasteiger partial charge in [0.05, 0.1) is 106 Å². The standard InChI is InChI=1S/C60H95NO27/c1-31-18-16-14-12-10-8-6-7-9-11-13-15-17-19-38(85-57-51(74)47(49(72)34(4)84-57)61-30-60(80)55(77)54(42(69)29-82-60)87-58-53(76)52(75)50(73)44(28-62)86-58)25-43-46(56(78)81-5)41(68)27-59(79,88-43)26-37(65)23-40(67)39(66)21-20-35(63)22-36(64)24-45(70)83-33(3)32(2)48(31)71/h6-19,31-44,46-55,57-58,61-69,71-77,79-80H,20-30H2,1-5H3/t31-,32-,33-,34+,35+,36+,37-,38-,39+,40+,41-,42+,43?,44+,46?,47-,48+,49+,50+,51-,52-,53+,54+,55-,57?,58-,59+,60+/m0/s1. The lowest BCUT2D eigenvalue weighted by Crippen LogP contribution is -2.70. The fourth-order valence-corrected chi connectivity index (χ4v) is 11.1. The molecule has 0 aromatic carbocycles. The molecule has 0 amide bonds. The largest absolute Gasteiger partial charge is 0.469 e. The van der Waals surface area contributed by atoms with Gasteiger partial charge in [0.2, 0.25) is 5.79 Å². The van der Waals surface area contributed by atoms with Crippen LogP contribution >= 0.6 is 0 Å². The van der Waals surface area contributed by atoms with Gasteiger partial charge in [0.1, 0.15) is 60.9 Å². The molecule has 2 bridgehead atoms. The van der Waals surface area contributed by atoms with Gasteiger partial charge < -0.3 is 130 Å². The summed E-state index contributed by atoms with van der Waals surface area (Å²) in [6.07, 6.45) is -14.0. The minimum Gasteiger partial charge on any atom is -0.469 e. The highest BCUT2D eigenvalue weighted by molar-refractivity contribution is 5.74. The molecule has 0 aliphatic carbocycles. The van der Waals surface area contributed by atoms with Crippen LogP contribution in [0.1, 0.15) is 79.1 Å². The molecule has 3 unspecified atom stereocenters. The van der Waals surface area contributed by atoms with Crippen molar-refractivity contribution < 1.29 is 134 Å². The summed E-state index contributed by atoms with van der Waals surface area (Å²) >= 11 is 0. The molecule has 4 fully saturated rings. The van der Waals surface area contributed by atoms with Crippen LogP contribution in [-0.4, -0.2) is 278 Å². The summed E-state index contributed by atoms with van der Waals surface area (Å²) in [5.74, 6) is -9.14. The van der Waals surface area contributed by atoms with E-state index in [-0.39, 0.29) is 25.2 Å². The maximum atomic E-state index is 13.4. The third-order valence-electron chi connectivity index (χ3n) is 16.5. The number of aliphatic hydroxyl groups is 17. The van der Waals surface area contributed by atoms with E-state index < -0.39 is 228 Å². The van der Waals surface area contributed by atoms with E-state index in [2.05, 4.69) is 5.32 Å². The van der Waals surface area contributed by atoms with Gasteiger partial charge in [-0.15, -0.1) is 0 Å². The second-order valence-corrected chi connectivity index (χ2v) is 23.5. The van der Waals surface area contributed by atoms with E-state index >= 15 is 0 Å². The van der Waals surface area contributed by atoms with Crippen molar-refractivity contribution in [2.75, 3.05) is 26.9 Å². The predicted octanol–water partition coefficient (Wildman–Crippen LogP) is -3.94. The molecule has 0 saturated carbocycles. The van der Waals surface area contributed by atoms with Gasteiger partial charge in [-0.1, -0.05) is 98.9 Å². The quantitative estimate of drug-likeness (QED) is 0.0980. The number of ether oxygens (including phenoxy) is 8. The van der Waals surface area contributed by atoms with Crippen LogP contribution in [0.4, 0.5) is 0 Å². The number of rotatable bonds is 9. The molecule has 28 atom stereocenters. The first-order valence-corrected chi connectivity index (χ1v) is 29.7. The third-order valence-corrected chi connectivity index (χ3v) is 16.5. The number of esters is 2. The summed E-state index contributed by atoms with van der Waals surface area (Å²) in [6.45, 7) is 4.26. The molecule has 28 heteroatoms. The summed E-state index contributed by atoms with van der Waals surface area (Å²) in [4.78, 5) is 26.1. The number of allylic oxidation sites excluding steroid dienone is 12. The first kappa shape index (κ1) is 74.9. The topological polar surface area (TPSA) is 464 Å². The van der Waals surface area contributed by atoms with E-state index in [1.165, 1.54) is 19.1 Å². The van der Waals surface area contributed by atoms with Gasteiger partial charge in [-0.05, 0) is 33.1 Å². The normalized spacial score (nSPS) is 44.7. The molecule has 0 spiro atoms. The molecular weight excluding hydrogens is 1170 g/mol. The number of carbonyl (C=O) groups excluding carboxylic acids is 2. The Labute approximate surface area is 511 Å². The molecule has 502 valence electrons. The number of hydrogen-bond donors (Lipinski definition) is 18. The second kappa shape index (κ2) is 35.3. The zero-order chi connectivity index (χ0) is 65.2. The van der Waals surface area contributed by atoms with Crippen LogP contribution in [0.2, 0.25) is 0 Å². The minimum atomic E-state index is -2.67. The van der Waals surface area contributed by atoms with Crippen molar-refractivity contribution in [2.45, 2.75) is 231 Å². The molecular formula is C60H95NO27. The van der Waals surface area contributed by atoms with Crippen molar-refractivity contribution in [1.29, 1.82) is 0 Å². The summed E-state index contributed by atoms with van der Waals surface area (Å²) in [5, 5.41) is 189. The maximum absolute atomic E-state index is 13.4. The maximum Gasteiger partial charge on any atom is 0.313 e. The lowest BCUT2D eigenvalue weighted by Gasteiger charge is -2.48. The Morgan fingerprint density at radius 2 is 1.22 bits per heavy atom. The molecule has 0 radical (unpaired) electrons. The van der Waals surface area contributed by atoms with Gasteiger partial charge in [0, 0.05) is 37.5 Å². The van der Waals surface area contributed by atoms with Crippen molar-refractivity contribution >= 4 is 11.9 Å². The third kappa shape index (κ3) is 21.4. The molecule has 88 heavy (non-hydrogen) atoms. The van der Waals surface area contributed by atoms with Crippen molar-refractivity contribution in [1.82, 2.24) is 5.32 Å². The van der Waals surface area contributed by atoms with Gasteiger partial charge in [-0.2, -0.15) is 0 Å². The summed E-state index contributed by atoms with van der Waals surface area (Å²) in [5.41, 5.74) is 0. The first-order valence-electron chi connectivity index (χ1n) is 29.7. The first-order chi connectivity index (χ1) is 41.5. The van der Waals surface area contributed by atoms with Gasteiger partial charge in [-0.25, -0.2) is 0 Å². The van der Waals surface area contributed by atoms with Crippen LogP contribution in [0, 0.1) is 17.8 Å². The van der Waals surface area contributed by atoms with Crippen LogP contribution in [0.15, 0.2) is 85.1 Å². The Morgan fingerprint density at radius 3 is 1.83 bits per heavy atom. The van der Waals surface area contributed by atoms with E-state index in [1.807, 2.05) is 6.92 Å². The van der Waals surface area contributed by atoms with Crippen LogP contribution in [-0.2, 0) is 47.5 Å². The number of cyclic esters (lactones) is 1. The van der Waals surface area contributed by atoms with Crippen molar-refractivity contribution in [3.63, 3.8) is 0 Å². The number of aliphatic hydroxyl groups excluding tert-OH is 15. The van der Waals surface area contributed by atoms with Gasteiger partial charge >= 0.3 is 11.9 Å². The Morgan fingerprint density at radius 1 is 0.614 bits per heavy atom. The van der Waals surface area contributed by atoms with Crippen LogP contribution in [0.25, 0.3) is 0 Å². The molecule has 0 aromatic rings. The fourth-order valence-electron chi connectivity index (χ4n) is 11.1. The fraction of sp³-hybridized carbons (Fsp3) is 0.733. The highest BCUT2D eigenvalue weighted by atomic mass is 16.7. The lowest BCUT2D eigenvalue weighted by molar-refractivity contribution is -0.368. The van der Waals surface area contributed by atoms with E-state index in [4.69, 9.17) is 37.9 Å². The Kier molecular flexibility index (Phi) is 30.0. The van der Waals surface area contributed by atoms with E-state index in [1.54, 1.807) is 86.8 Å². The van der Waals surface area contributed by atoms with Crippen molar-refractivity contribution in [2.24, 2.45) is 17.8 Å². The highest BCUT2D eigenvalue weighted by Crippen LogP contribution is 2.39. The Balaban J connectivity index is 1.38. The van der Waals surface area contributed by atoms with Gasteiger partial charge in [0.25, 0.3) is 0 Å². The van der Waals surface area contributed by atoms with Crippen LogP contribution in [0.5, 0.6) is 0 Å². The average Bonchev–Trinajstić information content (AvgIpc) is 1.79. The molecule has 5 heterocycles. The van der Waals surface area contributed by atoms with E-state index in [0.717, 1.165) is 7.11 Å². The molecule has 0 aromatic heterocycles. The lowest BCUT2D eigenvalue weighted by atomic mass is 9.82. The molecule has 28 nitrogen and oxygen atoms in total. The molecule has 4 saturated heterocycles. The van der Waals surface area contributed by atoms with Crippen molar-refractivity contribution in [3.05, 3.63) is 85.1 Å². The predicted molar refractivity (Wildman–Crippen MR) is 307 cm³/mol. The summed E-state index contributed by atoms with van der Waals surface area (Å²) < 4.78 is 45.3. The second-order valence-electron chi connectivity index (χ2n) is 23.5. The van der Waals surface area contributed by atoms with Gasteiger partial charge in [-0.3, -0.25) is 9.59 Å². The number of hydrogen-bond acceptors (Lipinski definition) is 28. The Bertz CT molecular complexity index is 2340. The van der Waals surface area contributed by atoms with E-state index in [9.17, 15) is 96.4 Å².